The zero-order chi connectivity index (χ0) is 22.7. The number of aryl methyl sites for hydroxylation is 2. The first-order valence-corrected chi connectivity index (χ1v) is 14.2. The monoisotopic (exact) mass is 453 g/mol. The standard InChI is InChI=1S/C14H17NO.C12H19N2OP/c1-9(16)15-14-12-6-2-4-10(12)8-11-5-3-7-13(11)14;1-16(13,15)12-6-4-11(5-7-12)10-14-8-2-3-9-14/h8H,2-7H2,1H3,(H,15,16);4-7H,2-3,8-10H2,1H3,(H2,13,15). The normalized spacial score (nSPS) is 19.0. The number of likely N-dealkylation sites (tertiary alicyclic amines) is 1. The van der Waals surface area contributed by atoms with E-state index in [4.69, 9.17) is 5.50 Å². The molecule has 0 aromatic heterocycles. The van der Waals surface area contributed by atoms with Gasteiger partial charge in [0.05, 0.1) is 0 Å². The van der Waals surface area contributed by atoms with Crippen LogP contribution in [0.15, 0.2) is 30.3 Å². The van der Waals surface area contributed by atoms with Crippen molar-refractivity contribution in [2.45, 2.75) is 64.8 Å². The van der Waals surface area contributed by atoms with E-state index >= 15 is 0 Å². The number of nitrogens with one attached hydrogen (secondary N) is 1. The number of benzene rings is 2. The van der Waals surface area contributed by atoms with E-state index in [0.717, 1.165) is 30.4 Å². The molecular formula is C26H36N3O2P. The van der Waals surface area contributed by atoms with Crippen LogP contribution in [0.2, 0.25) is 0 Å². The Kier molecular flexibility index (Phi) is 7.19. The molecule has 1 unspecified atom stereocenters. The van der Waals surface area contributed by atoms with E-state index in [0.29, 0.717) is 0 Å². The molecule has 5 rings (SSSR count). The van der Waals surface area contributed by atoms with Gasteiger partial charge in [0.2, 0.25) is 5.91 Å². The third-order valence-corrected chi connectivity index (χ3v) is 8.15. The zero-order valence-corrected chi connectivity index (χ0v) is 20.3. The SMILES string of the molecule is CC(=O)Nc1c2c(cc3c1CCC3)CCC2.CP(N)(=O)c1ccc(CN2CCCC2)cc1. The maximum absolute atomic E-state index is 11.6. The number of rotatable bonds is 4. The van der Waals surface area contributed by atoms with Crippen LogP contribution in [-0.4, -0.2) is 30.6 Å². The molecule has 2 aromatic carbocycles. The molecule has 1 atom stereocenters. The van der Waals surface area contributed by atoms with E-state index in [1.54, 1.807) is 13.6 Å². The molecule has 0 radical (unpaired) electrons. The lowest BCUT2D eigenvalue weighted by Gasteiger charge is -2.15. The molecule has 32 heavy (non-hydrogen) atoms. The molecule has 1 fully saturated rings. The van der Waals surface area contributed by atoms with Gasteiger partial charge in [-0.25, -0.2) is 0 Å². The second-order valence-corrected chi connectivity index (χ2v) is 12.1. The molecular weight excluding hydrogens is 417 g/mol. The second-order valence-electron chi connectivity index (χ2n) is 9.56. The minimum absolute atomic E-state index is 0.0643. The van der Waals surface area contributed by atoms with Crippen LogP contribution in [0.1, 0.15) is 60.4 Å². The van der Waals surface area contributed by atoms with Gasteiger partial charge in [-0.05, 0) is 104 Å². The summed E-state index contributed by atoms with van der Waals surface area (Å²) in [6.07, 6.45) is 9.76. The van der Waals surface area contributed by atoms with Gasteiger partial charge in [0, 0.05) is 31.1 Å². The van der Waals surface area contributed by atoms with Crippen molar-refractivity contribution in [1.82, 2.24) is 4.90 Å². The first kappa shape index (κ1) is 23.2. The van der Waals surface area contributed by atoms with Crippen LogP contribution in [0.5, 0.6) is 0 Å². The fourth-order valence-corrected chi connectivity index (χ4v) is 5.98. The van der Waals surface area contributed by atoms with Crippen LogP contribution in [0.25, 0.3) is 0 Å². The van der Waals surface area contributed by atoms with Crippen LogP contribution in [0.3, 0.4) is 0 Å². The van der Waals surface area contributed by atoms with E-state index in [1.807, 2.05) is 24.3 Å². The lowest BCUT2D eigenvalue weighted by atomic mass is 9.99. The molecule has 172 valence electrons. The maximum atomic E-state index is 11.6. The molecule has 2 aromatic rings. The number of fused-ring (bicyclic) bond motifs is 2. The van der Waals surface area contributed by atoms with E-state index < -0.39 is 7.29 Å². The van der Waals surface area contributed by atoms with E-state index in [1.165, 1.54) is 79.4 Å². The average Bonchev–Trinajstić information content (AvgIpc) is 3.49. The molecule has 0 bridgehead atoms. The molecule has 3 aliphatic rings. The predicted molar refractivity (Wildman–Crippen MR) is 133 cm³/mol. The lowest BCUT2D eigenvalue weighted by molar-refractivity contribution is -0.114. The number of nitrogens with zero attached hydrogens (tertiary/aromatic N) is 1. The van der Waals surface area contributed by atoms with Gasteiger partial charge in [0.1, 0.15) is 0 Å². The van der Waals surface area contributed by atoms with Crippen molar-refractivity contribution in [3.63, 3.8) is 0 Å². The molecule has 3 N–H and O–H groups in total. The van der Waals surface area contributed by atoms with Crippen LogP contribution in [0.4, 0.5) is 5.69 Å². The van der Waals surface area contributed by atoms with E-state index in [2.05, 4.69) is 16.3 Å². The summed E-state index contributed by atoms with van der Waals surface area (Å²) >= 11 is 0. The Morgan fingerprint density at radius 1 is 0.969 bits per heavy atom. The Bertz CT molecular complexity index is 988. The summed E-state index contributed by atoms with van der Waals surface area (Å²) in [5, 5.41) is 3.83. The number of nitrogens with two attached hydrogens (primary N) is 1. The minimum atomic E-state index is -2.59. The van der Waals surface area contributed by atoms with E-state index in [9.17, 15) is 9.36 Å². The van der Waals surface area contributed by atoms with Crippen molar-refractivity contribution in [2.75, 3.05) is 25.1 Å². The molecule has 0 spiro atoms. The van der Waals surface area contributed by atoms with Crippen LogP contribution >= 0.6 is 7.29 Å². The van der Waals surface area contributed by atoms with Gasteiger partial charge in [-0.15, -0.1) is 0 Å². The number of hydrogen-bond acceptors (Lipinski definition) is 3. The molecule has 5 nitrogen and oxygen atoms in total. The molecule has 0 saturated carbocycles. The van der Waals surface area contributed by atoms with Crippen LogP contribution < -0.4 is 16.1 Å². The van der Waals surface area contributed by atoms with Crippen molar-refractivity contribution in [3.8, 4) is 0 Å². The maximum Gasteiger partial charge on any atom is 0.221 e. The van der Waals surface area contributed by atoms with Crippen LogP contribution in [-0.2, 0) is 41.6 Å². The van der Waals surface area contributed by atoms with Crippen LogP contribution in [0, 0.1) is 0 Å². The Morgan fingerprint density at radius 3 is 2.03 bits per heavy atom. The highest BCUT2D eigenvalue weighted by Crippen LogP contribution is 2.38. The summed E-state index contributed by atoms with van der Waals surface area (Å²) in [5.41, 5.74) is 13.8. The highest BCUT2D eigenvalue weighted by molar-refractivity contribution is 7.68. The quantitative estimate of drug-likeness (QED) is 0.673. The van der Waals surface area contributed by atoms with Gasteiger partial charge in [0.15, 0.2) is 7.29 Å². The molecule has 1 amide bonds. The van der Waals surface area contributed by atoms with Crippen molar-refractivity contribution >= 4 is 24.2 Å². The van der Waals surface area contributed by atoms with Gasteiger partial charge in [-0.1, -0.05) is 18.2 Å². The number of carbonyl (C=O) groups is 1. The van der Waals surface area contributed by atoms with Gasteiger partial charge >= 0.3 is 0 Å². The second kappa shape index (κ2) is 9.91. The summed E-state index contributed by atoms with van der Waals surface area (Å²) in [6.45, 7) is 6.60. The van der Waals surface area contributed by atoms with E-state index in [-0.39, 0.29) is 5.91 Å². The van der Waals surface area contributed by atoms with Gasteiger partial charge in [0.25, 0.3) is 0 Å². The summed E-state index contributed by atoms with van der Waals surface area (Å²) < 4.78 is 11.6. The third-order valence-electron chi connectivity index (χ3n) is 6.83. The minimum Gasteiger partial charge on any atom is -0.326 e. The summed E-state index contributed by atoms with van der Waals surface area (Å²) in [5.74, 6) is 0.0643. The molecule has 6 heteroatoms. The highest BCUT2D eigenvalue weighted by Gasteiger charge is 2.24. The summed E-state index contributed by atoms with van der Waals surface area (Å²) in [4.78, 5) is 13.7. The first-order chi connectivity index (χ1) is 15.3. The topological polar surface area (TPSA) is 75.4 Å². The van der Waals surface area contributed by atoms with Gasteiger partial charge in [-0.2, -0.15) is 0 Å². The van der Waals surface area contributed by atoms with Crippen molar-refractivity contribution < 1.29 is 9.36 Å². The fourth-order valence-electron chi connectivity index (χ4n) is 5.24. The Balaban J connectivity index is 0.000000153. The average molecular weight is 454 g/mol. The Labute approximate surface area is 192 Å². The number of anilines is 1. The number of hydrogen-bond donors (Lipinski definition) is 2. The lowest BCUT2D eigenvalue weighted by Crippen LogP contribution is -2.19. The fraction of sp³-hybridized carbons (Fsp3) is 0.500. The Hall–Kier alpha value is -1.94. The molecule has 1 aliphatic heterocycles. The Morgan fingerprint density at radius 2 is 1.53 bits per heavy atom. The van der Waals surface area contributed by atoms with Gasteiger partial charge in [-0.3, -0.25) is 15.2 Å². The third kappa shape index (κ3) is 5.51. The summed E-state index contributed by atoms with van der Waals surface area (Å²) in [7, 11) is -2.59. The van der Waals surface area contributed by atoms with Crippen molar-refractivity contribution in [1.29, 1.82) is 0 Å². The molecule has 1 saturated heterocycles. The highest BCUT2D eigenvalue weighted by atomic mass is 31.2. The molecule has 1 heterocycles. The van der Waals surface area contributed by atoms with Gasteiger partial charge < -0.3 is 9.88 Å². The first-order valence-electron chi connectivity index (χ1n) is 11.9. The number of amides is 1. The number of carbonyl (C=O) groups excluding carboxylic acids is 1. The molecule has 2 aliphatic carbocycles. The van der Waals surface area contributed by atoms with Crippen molar-refractivity contribution in [3.05, 3.63) is 58.1 Å². The predicted octanol–water partition coefficient (Wildman–Crippen LogP) is 4.40. The summed E-state index contributed by atoms with van der Waals surface area (Å²) in [6, 6.07) is 10.3. The largest absolute Gasteiger partial charge is 0.326 e. The van der Waals surface area contributed by atoms with Crippen molar-refractivity contribution in [2.24, 2.45) is 5.50 Å². The zero-order valence-electron chi connectivity index (χ0n) is 19.5. The smallest absolute Gasteiger partial charge is 0.221 e.